The van der Waals surface area contributed by atoms with Gasteiger partial charge in [0.1, 0.15) is 22.8 Å². The Morgan fingerprint density at radius 1 is 0.436 bits per heavy atom. The van der Waals surface area contributed by atoms with Crippen LogP contribution in [0.5, 0.6) is 17.2 Å². The summed E-state index contributed by atoms with van der Waals surface area (Å²) in [7, 11) is -7.30. The zero-order chi connectivity index (χ0) is 39.4. The largest absolute Gasteiger partial charge is 0.483 e. The van der Waals surface area contributed by atoms with Gasteiger partial charge in [-0.05, 0) is 139 Å². The minimum absolute atomic E-state index is 0.0219. The Labute approximate surface area is 326 Å². The summed E-state index contributed by atoms with van der Waals surface area (Å²) in [5, 5.41) is 0. The van der Waals surface area contributed by atoms with Crippen LogP contribution < -0.4 is 9.47 Å². The van der Waals surface area contributed by atoms with Crippen molar-refractivity contribution in [2.75, 3.05) is 0 Å². The Morgan fingerprint density at radius 3 is 1.18 bits per heavy atom. The number of hydrogen-bond acceptors (Lipinski definition) is 6. The number of benzene rings is 6. The van der Waals surface area contributed by atoms with Crippen molar-refractivity contribution in [3.8, 4) is 28.4 Å². The van der Waals surface area contributed by atoms with Gasteiger partial charge in [-0.2, -0.15) is 0 Å². The molecule has 6 rings (SSSR count). The highest BCUT2D eigenvalue weighted by molar-refractivity contribution is 7.91. The molecule has 0 aromatic heterocycles. The third-order valence-electron chi connectivity index (χ3n) is 10.7. The molecule has 0 fully saturated rings. The van der Waals surface area contributed by atoms with Crippen LogP contribution in [0.25, 0.3) is 11.1 Å². The average Bonchev–Trinajstić information content (AvgIpc) is 3.21. The lowest BCUT2D eigenvalue weighted by atomic mass is 9.82. The monoisotopic (exact) mass is 772 g/mol. The highest BCUT2D eigenvalue weighted by atomic mass is 32.2. The molecular weight excluding hydrogens is 725 g/mol. The van der Waals surface area contributed by atoms with Crippen LogP contribution >= 0.6 is 0 Å². The summed E-state index contributed by atoms with van der Waals surface area (Å²) in [6.45, 7) is 12.5. The fourth-order valence-corrected chi connectivity index (χ4v) is 9.08. The smallest absolute Gasteiger partial charge is 0.206 e. The second-order valence-corrected chi connectivity index (χ2v) is 18.4. The standard InChI is InChI=1S/C47H48O6S2/c1-7-46(5,6)37-16-28-43(29-17-37)55(50,51)45-32-24-40(25-33-45)52-39-20-12-35(13-21-39)36-14-22-41(23-15-36)53-47(8-2,9-3)38-18-30-44(31-19-38)54(48,49)42-26-10-34(4)11-27-42/h10-33H,7-9H2,1-6H3. The third-order valence-corrected chi connectivity index (χ3v) is 14.3. The van der Waals surface area contributed by atoms with Crippen LogP contribution in [0.1, 0.15) is 70.6 Å². The molecule has 0 radical (unpaired) electrons. The van der Waals surface area contributed by atoms with Gasteiger partial charge in [0.2, 0.25) is 19.7 Å². The van der Waals surface area contributed by atoms with E-state index < -0.39 is 25.3 Å². The molecule has 0 bridgehead atoms. The van der Waals surface area contributed by atoms with Crippen LogP contribution in [0.15, 0.2) is 165 Å². The van der Waals surface area contributed by atoms with E-state index in [-0.39, 0.29) is 25.0 Å². The molecule has 0 N–H and O–H groups in total. The molecule has 6 nitrogen and oxygen atoms in total. The van der Waals surface area contributed by atoms with Crippen LogP contribution in [0.3, 0.4) is 0 Å². The second-order valence-electron chi connectivity index (χ2n) is 14.5. The average molecular weight is 773 g/mol. The molecule has 0 amide bonds. The number of sulfone groups is 2. The van der Waals surface area contributed by atoms with Gasteiger partial charge in [-0.1, -0.05) is 101 Å². The van der Waals surface area contributed by atoms with Gasteiger partial charge >= 0.3 is 0 Å². The predicted octanol–water partition coefficient (Wildman–Crippen LogP) is 11.9. The molecule has 0 atom stereocenters. The molecule has 6 aromatic carbocycles. The van der Waals surface area contributed by atoms with E-state index in [9.17, 15) is 16.8 Å². The highest BCUT2D eigenvalue weighted by Crippen LogP contribution is 2.37. The maximum absolute atomic E-state index is 13.3. The fraction of sp³-hybridized carbons (Fsp3) is 0.234. The van der Waals surface area contributed by atoms with Gasteiger partial charge in [0, 0.05) is 0 Å². The Bertz CT molecular complexity index is 2430. The van der Waals surface area contributed by atoms with Crippen molar-refractivity contribution in [1.29, 1.82) is 0 Å². The summed E-state index contributed by atoms with van der Waals surface area (Å²) in [4.78, 5) is 0.999. The maximum Gasteiger partial charge on any atom is 0.206 e. The first-order valence-electron chi connectivity index (χ1n) is 18.7. The minimum Gasteiger partial charge on any atom is -0.483 e. The Kier molecular flexibility index (Phi) is 11.4. The van der Waals surface area contributed by atoms with Crippen molar-refractivity contribution in [2.45, 2.75) is 91.4 Å². The predicted molar refractivity (Wildman–Crippen MR) is 220 cm³/mol. The van der Waals surface area contributed by atoms with Crippen molar-refractivity contribution in [3.05, 3.63) is 162 Å². The van der Waals surface area contributed by atoms with E-state index in [4.69, 9.17) is 9.47 Å². The van der Waals surface area contributed by atoms with E-state index in [1.165, 1.54) is 0 Å². The van der Waals surface area contributed by atoms with Gasteiger partial charge in [-0.25, -0.2) is 16.8 Å². The number of ether oxygens (including phenoxy) is 2. The lowest BCUT2D eigenvalue weighted by Crippen LogP contribution is -2.31. The molecule has 0 heterocycles. The number of hydrogen-bond donors (Lipinski definition) is 0. The summed E-state index contributed by atoms with van der Waals surface area (Å²) >= 11 is 0. The third kappa shape index (κ3) is 8.41. The van der Waals surface area contributed by atoms with Gasteiger partial charge in [-0.15, -0.1) is 0 Å². The highest BCUT2D eigenvalue weighted by Gasteiger charge is 2.32. The normalized spacial score (nSPS) is 12.3. The molecule has 8 heteroatoms. The fourth-order valence-electron chi connectivity index (χ4n) is 6.56. The van der Waals surface area contributed by atoms with Gasteiger partial charge in [-0.3, -0.25) is 0 Å². The number of aryl methyl sites for hydroxylation is 1. The summed E-state index contributed by atoms with van der Waals surface area (Å²) in [6.07, 6.45) is 2.35. The quantitative estimate of drug-likeness (QED) is 0.110. The van der Waals surface area contributed by atoms with Crippen LogP contribution in [0, 0.1) is 6.92 Å². The molecular formula is C47H48O6S2. The molecule has 0 spiro atoms. The van der Waals surface area contributed by atoms with Gasteiger partial charge in [0.25, 0.3) is 0 Å². The number of rotatable bonds is 14. The summed E-state index contributed by atoms with van der Waals surface area (Å²) < 4.78 is 65.8. The minimum atomic E-state index is -3.67. The van der Waals surface area contributed by atoms with Crippen LogP contribution in [-0.2, 0) is 30.7 Å². The van der Waals surface area contributed by atoms with Crippen LogP contribution in [0.4, 0.5) is 0 Å². The molecule has 0 aliphatic carbocycles. The van der Waals surface area contributed by atoms with Crippen molar-refractivity contribution >= 4 is 19.7 Å². The maximum atomic E-state index is 13.3. The zero-order valence-electron chi connectivity index (χ0n) is 32.2. The molecule has 0 aliphatic rings. The molecule has 0 unspecified atom stereocenters. The lowest BCUT2D eigenvalue weighted by Gasteiger charge is -2.33. The van der Waals surface area contributed by atoms with E-state index in [1.54, 1.807) is 72.8 Å². The Morgan fingerprint density at radius 2 is 0.782 bits per heavy atom. The van der Waals surface area contributed by atoms with Crippen molar-refractivity contribution < 1.29 is 26.3 Å². The van der Waals surface area contributed by atoms with E-state index in [0.29, 0.717) is 30.1 Å². The van der Waals surface area contributed by atoms with Gasteiger partial charge in [0.15, 0.2) is 0 Å². The van der Waals surface area contributed by atoms with E-state index in [2.05, 4.69) is 34.6 Å². The molecule has 6 aromatic rings. The molecule has 0 aliphatic heterocycles. The topological polar surface area (TPSA) is 86.7 Å². The Hall–Kier alpha value is -5.18. The summed E-state index contributed by atoms with van der Waals surface area (Å²) in [6, 6.07) is 43.2. The molecule has 0 saturated heterocycles. The van der Waals surface area contributed by atoms with Crippen molar-refractivity contribution in [1.82, 2.24) is 0 Å². The van der Waals surface area contributed by atoms with E-state index in [0.717, 1.165) is 34.2 Å². The first-order valence-corrected chi connectivity index (χ1v) is 21.6. The first kappa shape index (κ1) is 39.5. The molecule has 284 valence electrons. The van der Waals surface area contributed by atoms with Crippen molar-refractivity contribution in [3.63, 3.8) is 0 Å². The van der Waals surface area contributed by atoms with E-state index >= 15 is 0 Å². The van der Waals surface area contributed by atoms with Crippen molar-refractivity contribution in [2.24, 2.45) is 0 Å². The van der Waals surface area contributed by atoms with Gasteiger partial charge < -0.3 is 9.47 Å². The zero-order valence-corrected chi connectivity index (χ0v) is 33.9. The first-order chi connectivity index (χ1) is 26.2. The molecule has 55 heavy (non-hydrogen) atoms. The SMILES string of the molecule is CCC(C)(C)c1ccc(S(=O)(=O)c2ccc(Oc3ccc(-c4ccc(OC(CC)(CC)c5ccc(S(=O)(=O)c6ccc(C)cc6)cc5)cc4)cc3)cc2)cc1. The van der Waals surface area contributed by atoms with E-state index in [1.807, 2.05) is 79.7 Å². The second kappa shape index (κ2) is 15.9. The lowest BCUT2D eigenvalue weighted by molar-refractivity contribution is 0.0573. The summed E-state index contributed by atoms with van der Waals surface area (Å²) in [5.41, 5.74) is 4.37. The van der Waals surface area contributed by atoms with Crippen LogP contribution in [-0.4, -0.2) is 16.8 Å². The summed E-state index contributed by atoms with van der Waals surface area (Å²) in [5.74, 6) is 1.87. The molecule has 0 saturated carbocycles. The van der Waals surface area contributed by atoms with Gasteiger partial charge in [0.05, 0.1) is 19.6 Å². The van der Waals surface area contributed by atoms with Crippen LogP contribution in [0.2, 0.25) is 0 Å². The Balaban J connectivity index is 1.10.